The molecule has 1 atom stereocenters. The first-order valence-electron chi connectivity index (χ1n) is 8.89. The SMILES string of the molecule is COCC(c1cccc(C(F)(F)F)c1)N1CCN(C(=O)OC(C)(C)C)CC1. The van der Waals surface area contributed by atoms with E-state index in [0.29, 0.717) is 31.7 Å². The van der Waals surface area contributed by atoms with E-state index in [0.717, 1.165) is 6.07 Å². The quantitative estimate of drug-likeness (QED) is 0.783. The largest absolute Gasteiger partial charge is 0.444 e. The summed E-state index contributed by atoms with van der Waals surface area (Å²) in [6.45, 7) is 7.67. The molecular weight excluding hydrogens is 361 g/mol. The van der Waals surface area contributed by atoms with Gasteiger partial charge in [0.25, 0.3) is 0 Å². The zero-order valence-electron chi connectivity index (χ0n) is 16.2. The van der Waals surface area contributed by atoms with Crippen molar-refractivity contribution in [2.75, 3.05) is 39.9 Å². The molecule has 0 bridgehead atoms. The highest BCUT2D eigenvalue weighted by atomic mass is 19.4. The molecule has 0 aromatic heterocycles. The molecule has 1 amide bonds. The molecule has 0 spiro atoms. The molecule has 8 heteroatoms. The molecule has 0 radical (unpaired) electrons. The Morgan fingerprint density at radius 1 is 1.15 bits per heavy atom. The molecule has 0 aliphatic carbocycles. The number of alkyl halides is 3. The Hall–Kier alpha value is -1.80. The van der Waals surface area contributed by atoms with E-state index in [2.05, 4.69) is 0 Å². The molecule has 1 aromatic carbocycles. The maximum absolute atomic E-state index is 13.0. The van der Waals surface area contributed by atoms with Gasteiger partial charge in [0, 0.05) is 33.3 Å². The van der Waals surface area contributed by atoms with Crippen LogP contribution in [0.4, 0.5) is 18.0 Å². The average Bonchev–Trinajstić information content (AvgIpc) is 2.58. The highest BCUT2D eigenvalue weighted by molar-refractivity contribution is 5.68. The van der Waals surface area contributed by atoms with Gasteiger partial charge in [0.1, 0.15) is 5.60 Å². The molecular formula is C19H27F3N2O3. The van der Waals surface area contributed by atoms with Crippen LogP contribution in [-0.4, -0.2) is 61.4 Å². The molecule has 0 saturated carbocycles. The predicted molar refractivity (Wildman–Crippen MR) is 95.4 cm³/mol. The standard InChI is InChI=1S/C19H27F3N2O3/c1-18(2,3)27-17(25)24-10-8-23(9-11-24)16(13-26-4)14-6-5-7-15(12-14)19(20,21)22/h5-7,12,16H,8-11,13H2,1-4H3. The number of carbonyl (C=O) groups is 1. The first-order chi connectivity index (χ1) is 12.5. The molecule has 1 heterocycles. The molecule has 1 aliphatic heterocycles. The summed E-state index contributed by atoms with van der Waals surface area (Å²) >= 11 is 0. The Morgan fingerprint density at radius 3 is 2.30 bits per heavy atom. The molecule has 1 aromatic rings. The third-order valence-corrected chi connectivity index (χ3v) is 4.33. The van der Waals surface area contributed by atoms with Crippen LogP contribution < -0.4 is 0 Å². The van der Waals surface area contributed by atoms with Crippen molar-refractivity contribution in [1.82, 2.24) is 9.80 Å². The van der Waals surface area contributed by atoms with Crippen LogP contribution in [-0.2, 0) is 15.7 Å². The van der Waals surface area contributed by atoms with Gasteiger partial charge < -0.3 is 14.4 Å². The Morgan fingerprint density at radius 2 is 1.78 bits per heavy atom. The van der Waals surface area contributed by atoms with Crippen LogP contribution in [0.3, 0.4) is 0 Å². The van der Waals surface area contributed by atoms with Crippen molar-refractivity contribution in [3.05, 3.63) is 35.4 Å². The lowest BCUT2D eigenvalue weighted by atomic mass is 10.0. The lowest BCUT2D eigenvalue weighted by Gasteiger charge is -2.39. The van der Waals surface area contributed by atoms with Crippen LogP contribution in [0.5, 0.6) is 0 Å². The van der Waals surface area contributed by atoms with Crippen molar-refractivity contribution in [1.29, 1.82) is 0 Å². The van der Waals surface area contributed by atoms with Crippen LogP contribution in [0, 0.1) is 0 Å². The number of ether oxygens (including phenoxy) is 2. The lowest BCUT2D eigenvalue weighted by Crippen LogP contribution is -2.51. The minimum atomic E-state index is -4.39. The molecule has 1 unspecified atom stereocenters. The van der Waals surface area contributed by atoms with Crippen molar-refractivity contribution in [3.63, 3.8) is 0 Å². The summed E-state index contributed by atoms with van der Waals surface area (Å²) in [7, 11) is 1.53. The van der Waals surface area contributed by atoms with E-state index < -0.39 is 17.3 Å². The molecule has 1 fully saturated rings. The fourth-order valence-corrected chi connectivity index (χ4v) is 3.04. The number of methoxy groups -OCH3 is 1. The number of piperazine rings is 1. The van der Waals surface area contributed by atoms with E-state index in [4.69, 9.17) is 9.47 Å². The second-order valence-corrected chi connectivity index (χ2v) is 7.60. The highest BCUT2D eigenvalue weighted by Crippen LogP contribution is 2.32. The van der Waals surface area contributed by atoms with Gasteiger partial charge in [0.2, 0.25) is 0 Å². The summed E-state index contributed by atoms with van der Waals surface area (Å²) in [5, 5.41) is 0. The maximum Gasteiger partial charge on any atom is 0.416 e. The van der Waals surface area contributed by atoms with Gasteiger partial charge in [-0.3, -0.25) is 4.90 Å². The summed E-state index contributed by atoms with van der Waals surface area (Å²) in [6, 6.07) is 5.02. The van der Waals surface area contributed by atoms with Crippen molar-refractivity contribution in [2.45, 2.75) is 38.6 Å². The number of hydrogen-bond donors (Lipinski definition) is 0. The van der Waals surface area contributed by atoms with Gasteiger partial charge in [-0.2, -0.15) is 13.2 Å². The van der Waals surface area contributed by atoms with Gasteiger partial charge in [-0.15, -0.1) is 0 Å². The Balaban J connectivity index is 2.08. The third kappa shape index (κ3) is 6.10. The van der Waals surface area contributed by atoms with Crippen LogP contribution in [0.1, 0.15) is 37.9 Å². The van der Waals surface area contributed by atoms with E-state index in [1.165, 1.54) is 19.2 Å². The molecule has 5 nitrogen and oxygen atoms in total. The van der Waals surface area contributed by atoms with Gasteiger partial charge in [0.15, 0.2) is 0 Å². The van der Waals surface area contributed by atoms with Gasteiger partial charge in [-0.05, 0) is 38.5 Å². The van der Waals surface area contributed by atoms with Crippen LogP contribution >= 0.6 is 0 Å². The van der Waals surface area contributed by atoms with Crippen molar-refractivity contribution < 1.29 is 27.4 Å². The van der Waals surface area contributed by atoms with E-state index in [1.807, 2.05) is 25.7 Å². The number of rotatable bonds is 4. The molecule has 0 N–H and O–H groups in total. The first kappa shape index (κ1) is 21.5. The molecule has 1 saturated heterocycles. The van der Waals surface area contributed by atoms with Crippen LogP contribution in [0.15, 0.2) is 24.3 Å². The summed E-state index contributed by atoms with van der Waals surface area (Å²) in [6.07, 6.45) is -4.76. The topological polar surface area (TPSA) is 42.0 Å². The van der Waals surface area contributed by atoms with Crippen molar-refractivity contribution >= 4 is 6.09 Å². The third-order valence-electron chi connectivity index (χ3n) is 4.33. The number of carbonyl (C=O) groups excluding carboxylic acids is 1. The maximum atomic E-state index is 13.0. The second-order valence-electron chi connectivity index (χ2n) is 7.60. The number of halogens is 3. The predicted octanol–water partition coefficient (Wildman–Crippen LogP) is 3.95. The van der Waals surface area contributed by atoms with Gasteiger partial charge >= 0.3 is 12.3 Å². The zero-order valence-corrected chi connectivity index (χ0v) is 16.2. The summed E-state index contributed by atoms with van der Waals surface area (Å²) in [5.41, 5.74) is -0.684. The van der Waals surface area contributed by atoms with Crippen LogP contribution in [0.2, 0.25) is 0 Å². The second kappa shape index (κ2) is 8.48. The summed E-state index contributed by atoms with van der Waals surface area (Å²) in [5.74, 6) is 0. The summed E-state index contributed by atoms with van der Waals surface area (Å²) < 4.78 is 49.7. The zero-order chi connectivity index (χ0) is 20.2. The first-order valence-corrected chi connectivity index (χ1v) is 8.89. The van der Waals surface area contributed by atoms with E-state index in [-0.39, 0.29) is 18.7 Å². The fraction of sp³-hybridized carbons (Fsp3) is 0.632. The van der Waals surface area contributed by atoms with Gasteiger partial charge in [-0.25, -0.2) is 4.79 Å². The lowest BCUT2D eigenvalue weighted by molar-refractivity contribution is -0.137. The minimum Gasteiger partial charge on any atom is -0.444 e. The minimum absolute atomic E-state index is 0.272. The van der Waals surface area contributed by atoms with Gasteiger partial charge in [0.05, 0.1) is 18.2 Å². The number of nitrogens with zero attached hydrogens (tertiary/aromatic N) is 2. The molecule has 152 valence electrons. The summed E-state index contributed by atoms with van der Waals surface area (Å²) in [4.78, 5) is 15.8. The number of hydrogen-bond acceptors (Lipinski definition) is 4. The number of benzene rings is 1. The number of amides is 1. The molecule has 1 aliphatic rings. The van der Waals surface area contributed by atoms with E-state index in [9.17, 15) is 18.0 Å². The molecule has 27 heavy (non-hydrogen) atoms. The average molecular weight is 388 g/mol. The normalized spacial score (nSPS) is 17.7. The Labute approximate surface area is 158 Å². The van der Waals surface area contributed by atoms with Gasteiger partial charge in [-0.1, -0.05) is 12.1 Å². The van der Waals surface area contributed by atoms with E-state index in [1.54, 1.807) is 11.0 Å². The van der Waals surface area contributed by atoms with Crippen LogP contribution in [0.25, 0.3) is 0 Å². The monoisotopic (exact) mass is 388 g/mol. The smallest absolute Gasteiger partial charge is 0.416 e. The van der Waals surface area contributed by atoms with Crippen molar-refractivity contribution in [2.24, 2.45) is 0 Å². The van der Waals surface area contributed by atoms with E-state index >= 15 is 0 Å². The highest BCUT2D eigenvalue weighted by Gasteiger charge is 2.33. The fourth-order valence-electron chi connectivity index (χ4n) is 3.04. The molecule has 2 rings (SSSR count). The Kier molecular flexibility index (Phi) is 6.75. The van der Waals surface area contributed by atoms with Crippen molar-refractivity contribution in [3.8, 4) is 0 Å². The Bertz CT molecular complexity index is 636.